The summed E-state index contributed by atoms with van der Waals surface area (Å²) in [5.74, 6) is -0.312. The molecule has 1 aromatic carbocycles. The molecule has 1 aliphatic carbocycles. The van der Waals surface area contributed by atoms with Crippen molar-refractivity contribution in [1.82, 2.24) is 4.90 Å². The Hall–Kier alpha value is -1.71. The topological polar surface area (TPSA) is 60.8 Å². The smallest absolute Gasteiger partial charge is 0.254 e. The zero-order valence-electron chi connectivity index (χ0n) is 11.3. The van der Waals surface area contributed by atoms with Crippen molar-refractivity contribution < 1.29 is 15.0 Å². The first-order chi connectivity index (χ1) is 9.08. The van der Waals surface area contributed by atoms with E-state index in [0.717, 1.165) is 25.7 Å². The van der Waals surface area contributed by atoms with Gasteiger partial charge in [0.05, 0.1) is 0 Å². The maximum absolute atomic E-state index is 12.4. The standard InChI is InChI=1S/C15H21NO3/c1-16(12-6-4-2-3-5-7-12)15(19)11-8-13(17)10-14(18)9-11/h8-10,12,17-18H,2-7H2,1H3. The molecule has 2 rings (SSSR count). The van der Waals surface area contributed by atoms with E-state index in [9.17, 15) is 15.0 Å². The molecule has 4 nitrogen and oxygen atoms in total. The molecule has 1 saturated carbocycles. The van der Waals surface area contributed by atoms with E-state index in [1.54, 1.807) is 11.9 Å². The largest absolute Gasteiger partial charge is 0.508 e. The third-order valence-corrected chi connectivity index (χ3v) is 3.84. The van der Waals surface area contributed by atoms with Crippen molar-refractivity contribution in [3.63, 3.8) is 0 Å². The molecule has 1 aliphatic rings. The maximum atomic E-state index is 12.4. The van der Waals surface area contributed by atoms with Gasteiger partial charge in [0, 0.05) is 24.7 Å². The van der Waals surface area contributed by atoms with E-state index in [2.05, 4.69) is 0 Å². The second-order valence-corrected chi connectivity index (χ2v) is 5.30. The van der Waals surface area contributed by atoms with Crippen LogP contribution in [0.1, 0.15) is 48.9 Å². The van der Waals surface area contributed by atoms with E-state index in [1.165, 1.54) is 31.0 Å². The summed E-state index contributed by atoms with van der Waals surface area (Å²) >= 11 is 0. The zero-order valence-corrected chi connectivity index (χ0v) is 11.3. The molecule has 0 aliphatic heterocycles. The number of nitrogens with zero attached hydrogens (tertiary/aromatic N) is 1. The highest BCUT2D eigenvalue weighted by Gasteiger charge is 2.22. The van der Waals surface area contributed by atoms with Crippen LogP contribution in [0.4, 0.5) is 0 Å². The van der Waals surface area contributed by atoms with Crippen LogP contribution in [0, 0.1) is 0 Å². The van der Waals surface area contributed by atoms with Gasteiger partial charge in [0.15, 0.2) is 0 Å². The first-order valence-electron chi connectivity index (χ1n) is 6.88. The minimum atomic E-state index is -0.141. The first-order valence-corrected chi connectivity index (χ1v) is 6.88. The second kappa shape index (κ2) is 5.95. The van der Waals surface area contributed by atoms with E-state index < -0.39 is 0 Å². The van der Waals surface area contributed by atoms with Gasteiger partial charge in [-0.05, 0) is 25.0 Å². The monoisotopic (exact) mass is 263 g/mol. The fourth-order valence-corrected chi connectivity index (χ4v) is 2.73. The van der Waals surface area contributed by atoms with E-state index >= 15 is 0 Å². The number of phenolic OH excluding ortho intramolecular Hbond substituents is 2. The zero-order chi connectivity index (χ0) is 13.8. The summed E-state index contributed by atoms with van der Waals surface area (Å²) in [6.07, 6.45) is 6.87. The molecule has 1 amide bonds. The number of rotatable bonds is 2. The molecule has 0 unspecified atom stereocenters. The number of benzene rings is 1. The van der Waals surface area contributed by atoms with Gasteiger partial charge in [-0.3, -0.25) is 4.79 Å². The van der Waals surface area contributed by atoms with Crippen LogP contribution in [0.5, 0.6) is 11.5 Å². The van der Waals surface area contributed by atoms with Gasteiger partial charge in [0.25, 0.3) is 5.91 Å². The van der Waals surface area contributed by atoms with Crippen LogP contribution in [-0.2, 0) is 0 Å². The van der Waals surface area contributed by atoms with Gasteiger partial charge < -0.3 is 15.1 Å². The highest BCUT2D eigenvalue weighted by molar-refractivity contribution is 5.95. The van der Waals surface area contributed by atoms with Gasteiger partial charge in [-0.25, -0.2) is 0 Å². The average molecular weight is 263 g/mol. The van der Waals surface area contributed by atoms with Gasteiger partial charge in [0.1, 0.15) is 11.5 Å². The lowest BCUT2D eigenvalue weighted by Crippen LogP contribution is -2.36. The summed E-state index contributed by atoms with van der Waals surface area (Å²) < 4.78 is 0. The van der Waals surface area contributed by atoms with E-state index in [0.29, 0.717) is 5.56 Å². The van der Waals surface area contributed by atoms with E-state index in [4.69, 9.17) is 0 Å². The lowest BCUT2D eigenvalue weighted by molar-refractivity contribution is 0.0717. The molecule has 104 valence electrons. The summed E-state index contributed by atoms with van der Waals surface area (Å²) in [6.45, 7) is 0. The lowest BCUT2D eigenvalue weighted by Gasteiger charge is -2.27. The molecule has 0 heterocycles. The van der Waals surface area contributed by atoms with Crippen molar-refractivity contribution in [2.45, 2.75) is 44.6 Å². The second-order valence-electron chi connectivity index (χ2n) is 5.30. The molecular formula is C15H21NO3. The molecule has 1 fully saturated rings. The molecule has 4 heteroatoms. The van der Waals surface area contributed by atoms with E-state index in [-0.39, 0.29) is 23.4 Å². The number of aromatic hydroxyl groups is 2. The number of hydrogen-bond donors (Lipinski definition) is 2. The van der Waals surface area contributed by atoms with Crippen molar-refractivity contribution >= 4 is 5.91 Å². The molecule has 0 spiro atoms. The summed E-state index contributed by atoms with van der Waals surface area (Å²) in [5, 5.41) is 18.9. The minimum absolute atomic E-state index is 0.0855. The molecule has 0 bridgehead atoms. The van der Waals surface area contributed by atoms with Gasteiger partial charge in [-0.2, -0.15) is 0 Å². The van der Waals surface area contributed by atoms with Crippen LogP contribution in [0.25, 0.3) is 0 Å². The van der Waals surface area contributed by atoms with Crippen LogP contribution < -0.4 is 0 Å². The Balaban J connectivity index is 2.13. The molecule has 1 aromatic rings. The van der Waals surface area contributed by atoms with Crippen LogP contribution in [0.15, 0.2) is 18.2 Å². The predicted molar refractivity (Wildman–Crippen MR) is 73.4 cm³/mol. The van der Waals surface area contributed by atoms with Gasteiger partial charge in [-0.1, -0.05) is 25.7 Å². The van der Waals surface area contributed by atoms with Crippen molar-refractivity contribution in [1.29, 1.82) is 0 Å². The van der Waals surface area contributed by atoms with Crippen LogP contribution >= 0.6 is 0 Å². The Labute approximate surface area is 113 Å². The van der Waals surface area contributed by atoms with Crippen LogP contribution in [-0.4, -0.2) is 34.1 Å². The van der Waals surface area contributed by atoms with Gasteiger partial charge in [-0.15, -0.1) is 0 Å². The number of carbonyl (C=O) groups excluding carboxylic acids is 1. The highest BCUT2D eigenvalue weighted by atomic mass is 16.3. The Morgan fingerprint density at radius 1 is 1.05 bits per heavy atom. The summed E-state index contributed by atoms with van der Waals surface area (Å²) in [4.78, 5) is 14.1. The number of hydrogen-bond acceptors (Lipinski definition) is 3. The Morgan fingerprint density at radius 2 is 1.58 bits per heavy atom. The van der Waals surface area contributed by atoms with Gasteiger partial charge >= 0.3 is 0 Å². The first kappa shape index (κ1) is 13.7. The fourth-order valence-electron chi connectivity index (χ4n) is 2.73. The Morgan fingerprint density at radius 3 is 2.11 bits per heavy atom. The Kier molecular flexibility index (Phi) is 4.30. The molecule has 0 aromatic heterocycles. The summed E-state index contributed by atoms with van der Waals surface area (Å²) in [7, 11) is 1.80. The van der Waals surface area contributed by atoms with Crippen molar-refractivity contribution in [3.8, 4) is 11.5 Å². The molecule has 2 N–H and O–H groups in total. The third-order valence-electron chi connectivity index (χ3n) is 3.84. The third kappa shape index (κ3) is 3.40. The predicted octanol–water partition coefficient (Wildman–Crippen LogP) is 2.89. The molecule has 0 atom stereocenters. The minimum Gasteiger partial charge on any atom is -0.508 e. The van der Waals surface area contributed by atoms with Crippen LogP contribution in [0.2, 0.25) is 0 Å². The summed E-state index contributed by atoms with van der Waals surface area (Å²) in [6, 6.07) is 4.28. The summed E-state index contributed by atoms with van der Waals surface area (Å²) in [5.41, 5.74) is 0.337. The number of carbonyl (C=O) groups is 1. The molecule has 0 radical (unpaired) electrons. The highest BCUT2D eigenvalue weighted by Crippen LogP contribution is 2.25. The quantitative estimate of drug-likeness (QED) is 0.806. The molecule has 0 saturated heterocycles. The van der Waals surface area contributed by atoms with Crippen molar-refractivity contribution in [2.24, 2.45) is 0 Å². The average Bonchev–Trinajstić information content (AvgIpc) is 2.64. The van der Waals surface area contributed by atoms with Crippen LogP contribution in [0.3, 0.4) is 0 Å². The number of amides is 1. The van der Waals surface area contributed by atoms with Crippen molar-refractivity contribution in [2.75, 3.05) is 7.05 Å². The maximum Gasteiger partial charge on any atom is 0.254 e. The molecular weight excluding hydrogens is 242 g/mol. The van der Waals surface area contributed by atoms with E-state index in [1.807, 2.05) is 0 Å². The normalized spacial score (nSPS) is 16.9. The number of phenols is 2. The lowest BCUT2D eigenvalue weighted by atomic mass is 10.1. The fraction of sp³-hybridized carbons (Fsp3) is 0.533. The molecule has 19 heavy (non-hydrogen) atoms. The SMILES string of the molecule is CN(C(=O)c1cc(O)cc(O)c1)C1CCCCCC1. The van der Waals surface area contributed by atoms with Crippen molar-refractivity contribution in [3.05, 3.63) is 23.8 Å². The van der Waals surface area contributed by atoms with Gasteiger partial charge in [0.2, 0.25) is 0 Å². The Bertz CT molecular complexity index is 430.